The average Bonchev–Trinajstić information content (AvgIpc) is 3.11. The first-order valence-corrected chi connectivity index (χ1v) is 7.43. The van der Waals surface area contributed by atoms with Crippen LogP contribution in [0.15, 0.2) is 18.2 Å². The second kappa shape index (κ2) is 4.34. The third-order valence-electron chi connectivity index (χ3n) is 5.02. The predicted octanol–water partition coefficient (Wildman–Crippen LogP) is 1.47. The van der Waals surface area contributed by atoms with Crippen molar-refractivity contribution in [2.75, 3.05) is 26.2 Å². The molecule has 0 aromatic heterocycles. The van der Waals surface area contributed by atoms with Crippen molar-refractivity contribution < 1.29 is 4.79 Å². The fourth-order valence-corrected chi connectivity index (χ4v) is 3.91. The fourth-order valence-electron chi connectivity index (χ4n) is 3.91. The number of carbonyl (C=O) groups is 1. The largest absolute Gasteiger partial charge is 0.338 e. The lowest BCUT2D eigenvalue weighted by atomic mass is 10.0. The van der Waals surface area contributed by atoms with Gasteiger partial charge in [0.05, 0.1) is 0 Å². The maximum Gasteiger partial charge on any atom is 0.253 e. The zero-order valence-corrected chi connectivity index (χ0v) is 11.2. The van der Waals surface area contributed by atoms with E-state index in [1.807, 2.05) is 6.07 Å². The van der Waals surface area contributed by atoms with E-state index in [2.05, 4.69) is 22.3 Å². The minimum absolute atomic E-state index is 0.240. The number of nitrogens with one attached hydrogen (secondary N) is 1. The maximum atomic E-state index is 12.6. The van der Waals surface area contributed by atoms with Crippen molar-refractivity contribution in [3.8, 4) is 0 Å². The molecule has 19 heavy (non-hydrogen) atoms. The first-order valence-electron chi connectivity index (χ1n) is 7.43. The van der Waals surface area contributed by atoms with Crippen molar-refractivity contribution >= 4 is 5.91 Å². The first kappa shape index (κ1) is 11.5. The van der Waals surface area contributed by atoms with E-state index in [1.165, 1.54) is 24.0 Å². The van der Waals surface area contributed by atoms with E-state index in [1.54, 1.807) is 0 Å². The van der Waals surface area contributed by atoms with Gasteiger partial charge < -0.3 is 10.2 Å². The highest BCUT2D eigenvalue weighted by Gasteiger charge is 2.38. The van der Waals surface area contributed by atoms with Gasteiger partial charge in [0.25, 0.3) is 5.91 Å². The predicted molar refractivity (Wildman–Crippen MR) is 74.2 cm³/mol. The lowest BCUT2D eigenvalue weighted by molar-refractivity contribution is 0.0781. The lowest BCUT2D eigenvalue weighted by Gasteiger charge is -2.18. The summed E-state index contributed by atoms with van der Waals surface area (Å²) in [6, 6.07) is 6.32. The quantitative estimate of drug-likeness (QED) is 0.825. The van der Waals surface area contributed by atoms with Crippen molar-refractivity contribution in [2.24, 2.45) is 11.8 Å². The van der Waals surface area contributed by atoms with E-state index < -0.39 is 0 Å². The summed E-state index contributed by atoms with van der Waals surface area (Å²) in [5, 5.41) is 3.42. The van der Waals surface area contributed by atoms with Gasteiger partial charge in [-0.3, -0.25) is 4.79 Å². The average molecular weight is 256 g/mol. The molecule has 1 amide bonds. The molecule has 0 spiro atoms. The van der Waals surface area contributed by atoms with Crippen LogP contribution in [0.25, 0.3) is 0 Å². The first-order chi connectivity index (χ1) is 9.31. The van der Waals surface area contributed by atoms with Crippen LogP contribution < -0.4 is 5.32 Å². The Kier molecular flexibility index (Phi) is 2.62. The number of amides is 1. The van der Waals surface area contributed by atoms with Gasteiger partial charge in [0.2, 0.25) is 0 Å². The standard InChI is InChI=1S/C16H20N2O/c19-16(18-9-14-7-17-8-15(14)10-18)13-5-4-11-2-1-3-12(11)6-13/h4-6,14-15,17H,1-3,7-10H2/t14-,15+. The monoisotopic (exact) mass is 256 g/mol. The molecule has 100 valence electrons. The van der Waals surface area contributed by atoms with E-state index in [0.29, 0.717) is 11.8 Å². The van der Waals surface area contributed by atoms with Crippen LogP contribution >= 0.6 is 0 Å². The van der Waals surface area contributed by atoms with Crippen LogP contribution in [0.4, 0.5) is 0 Å². The topological polar surface area (TPSA) is 32.3 Å². The molecule has 2 fully saturated rings. The molecule has 0 radical (unpaired) electrons. The van der Waals surface area contributed by atoms with Crippen LogP contribution in [0.1, 0.15) is 27.9 Å². The summed E-state index contributed by atoms with van der Waals surface area (Å²) >= 11 is 0. The number of rotatable bonds is 1. The SMILES string of the molecule is O=C(c1ccc2c(c1)CCC2)N1C[C@H]2CNC[C@H]2C1. The van der Waals surface area contributed by atoms with Gasteiger partial charge in [-0.1, -0.05) is 6.07 Å². The van der Waals surface area contributed by atoms with Crippen LogP contribution in [-0.2, 0) is 12.8 Å². The normalized spacial score (nSPS) is 28.5. The second-order valence-electron chi connectivity index (χ2n) is 6.23. The van der Waals surface area contributed by atoms with Gasteiger partial charge in [0, 0.05) is 31.7 Å². The Bertz CT molecular complexity index is 513. The molecule has 4 rings (SSSR count). The number of carbonyl (C=O) groups excluding carboxylic acids is 1. The Balaban J connectivity index is 1.54. The van der Waals surface area contributed by atoms with Crippen LogP contribution in [0.3, 0.4) is 0 Å². The van der Waals surface area contributed by atoms with Gasteiger partial charge >= 0.3 is 0 Å². The zero-order valence-electron chi connectivity index (χ0n) is 11.2. The Labute approximate surface area is 114 Å². The fraction of sp³-hybridized carbons (Fsp3) is 0.562. The summed E-state index contributed by atoms with van der Waals surface area (Å²) < 4.78 is 0. The second-order valence-corrected chi connectivity index (χ2v) is 6.23. The highest BCUT2D eigenvalue weighted by molar-refractivity contribution is 5.94. The molecule has 2 atom stereocenters. The van der Waals surface area contributed by atoms with E-state index in [-0.39, 0.29) is 5.91 Å². The van der Waals surface area contributed by atoms with E-state index in [4.69, 9.17) is 0 Å². The lowest BCUT2D eigenvalue weighted by Crippen LogP contribution is -2.31. The van der Waals surface area contributed by atoms with Crippen LogP contribution in [0.5, 0.6) is 0 Å². The Morgan fingerprint density at radius 2 is 1.84 bits per heavy atom. The molecule has 3 nitrogen and oxygen atoms in total. The summed E-state index contributed by atoms with van der Waals surface area (Å²) in [4.78, 5) is 14.6. The number of hydrogen-bond acceptors (Lipinski definition) is 2. The van der Waals surface area contributed by atoms with Crippen molar-refractivity contribution in [1.82, 2.24) is 10.2 Å². The number of aryl methyl sites for hydroxylation is 2. The third-order valence-corrected chi connectivity index (χ3v) is 5.02. The van der Waals surface area contributed by atoms with E-state index in [9.17, 15) is 4.79 Å². The van der Waals surface area contributed by atoms with Crippen molar-refractivity contribution in [3.63, 3.8) is 0 Å². The zero-order chi connectivity index (χ0) is 12.8. The molecule has 1 aromatic carbocycles. The van der Waals surface area contributed by atoms with Crippen molar-refractivity contribution in [3.05, 3.63) is 34.9 Å². The Morgan fingerprint density at radius 3 is 2.63 bits per heavy atom. The van der Waals surface area contributed by atoms with Crippen LogP contribution in [0, 0.1) is 11.8 Å². The summed E-state index contributed by atoms with van der Waals surface area (Å²) in [6.07, 6.45) is 3.57. The molecular weight excluding hydrogens is 236 g/mol. The minimum Gasteiger partial charge on any atom is -0.338 e. The molecule has 3 aliphatic rings. The summed E-state index contributed by atoms with van der Waals surface area (Å²) in [5.41, 5.74) is 3.74. The van der Waals surface area contributed by atoms with Gasteiger partial charge in [-0.2, -0.15) is 0 Å². The molecule has 1 aromatic rings. The minimum atomic E-state index is 0.240. The van der Waals surface area contributed by atoms with Crippen LogP contribution in [-0.4, -0.2) is 37.0 Å². The highest BCUT2D eigenvalue weighted by atomic mass is 16.2. The number of likely N-dealkylation sites (tertiary alicyclic amines) is 1. The van der Waals surface area contributed by atoms with Gasteiger partial charge in [-0.05, 0) is 54.4 Å². The van der Waals surface area contributed by atoms with Crippen LogP contribution in [0.2, 0.25) is 0 Å². The molecular formula is C16H20N2O. The molecule has 2 aliphatic heterocycles. The molecule has 2 heterocycles. The number of nitrogens with zero attached hydrogens (tertiary/aromatic N) is 1. The van der Waals surface area contributed by atoms with Gasteiger partial charge in [-0.15, -0.1) is 0 Å². The van der Waals surface area contributed by atoms with E-state index >= 15 is 0 Å². The molecule has 1 aliphatic carbocycles. The van der Waals surface area contributed by atoms with Gasteiger partial charge in [0.1, 0.15) is 0 Å². The molecule has 0 unspecified atom stereocenters. The highest BCUT2D eigenvalue weighted by Crippen LogP contribution is 2.28. The smallest absolute Gasteiger partial charge is 0.253 e. The van der Waals surface area contributed by atoms with Crippen molar-refractivity contribution in [2.45, 2.75) is 19.3 Å². The van der Waals surface area contributed by atoms with Crippen molar-refractivity contribution in [1.29, 1.82) is 0 Å². The molecule has 2 saturated heterocycles. The maximum absolute atomic E-state index is 12.6. The molecule has 0 saturated carbocycles. The molecule has 0 bridgehead atoms. The van der Waals surface area contributed by atoms with Gasteiger partial charge in [-0.25, -0.2) is 0 Å². The number of hydrogen-bond donors (Lipinski definition) is 1. The summed E-state index contributed by atoms with van der Waals surface area (Å²) in [5.74, 6) is 1.60. The number of fused-ring (bicyclic) bond motifs is 2. The summed E-state index contributed by atoms with van der Waals surface area (Å²) in [7, 11) is 0. The Morgan fingerprint density at radius 1 is 1.11 bits per heavy atom. The number of benzene rings is 1. The molecule has 1 N–H and O–H groups in total. The molecule has 3 heteroatoms. The van der Waals surface area contributed by atoms with E-state index in [0.717, 1.165) is 38.2 Å². The summed E-state index contributed by atoms with van der Waals surface area (Å²) in [6.45, 7) is 4.04. The Hall–Kier alpha value is -1.35. The third kappa shape index (κ3) is 1.88. The van der Waals surface area contributed by atoms with Gasteiger partial charge in [0.15, 0.2) is 0 Å².